The molecule has 3 aromatic heterocycles. The lowest BCUT2D eigenvalue weighted by molar-refractivity contribution is 0.0910. The van der Waals surface area contributed by atoms with E-state index in [-0.39, 0.29) is 36.3 Å². The van der Waals surface area contributed by atoms with Gasteiger partial charge in [0.2, 0.25) is 20.0 Å². The molecule has 9 aromatic rings. The Morgan fingerprint density at radius 2 is 1.09 bits per heavy atom. The Balaban J connectivity index is 0.000000154. The summed E-state index contributed by atoms with van der Waals surface area (Å²) in [5.74, 6) is -0.275. The fourth-order valence-corrected chi connectivity index (χ4v) is 14.4. The fraction of sp³-hybridized carbons (Fsp3) is 0.270. The Morgan fingerprint density at radius 1 is 0.585 bits per heavy atom. The number of nitrogens with zero attached hydrogens (tertiary/aromatic N) is 3. The van der Waals surface area contributed by atoms with Crippen LogP contribution in [0.25, 0.3) is 35.5 Å². The van der Waals surface area contributed by atoms with Crippen LogP contribution in [0.2, 0.25) is 10.0 Å². The van der Waals surface area contributed by atoms with Crippen LogP contribution < -0.4 is 14.8 Å². The van der Waals surface area contributed by atoms with E-state index in [9.17, 15) is 31.1 Å². The lowest BCUT2D eigenvalue weighted by atomic mass is 9.91. The minimum atomic E-state index is -3.63. The second-order valence-electron chi connectivity index (χ2n) is 23.8. The van der Waals surface area contributed by atoms with E-state index in [4.69, 9.17) is 23.2 Å². The van der Waals surface area contributed by atoms with Crippen molar-refractivity contribution in [2.75, 3.05) is 6.61 Å². The van der Waals surface area contributed by atoms with Gasteiger partial charge in [-0.3, -0.25) is 20.1 Å². The number of allylic oxidation sites excluding steroid dienone is 2. The fourth-order valence-electron chi connectivity index (χ4n) is 12.1. The number of fused-ring (bicyclic) bond motifs is 3. The van der Waals surface area contributed by atoms with Crippen LogP contribution in [0.3, 0.4) is 0 Å². The summed E-state index contributed by atoms with van der Waals surface area (Å²) in [5, 5.41) is 39.1. The molecule has 0 spiro atoms. The van der Waals surface area contributed by atoms with Crippen LogP contribution in [-0.2, 0) is 45.7 Å². The number of carbonyl (C=O) groups is 1. The van der Waals surface area contributed by atoms with Gasteiger partial charge in [0.15, 0.2) is 0 Å². The molecule has 3 heterocycles. The molecule has 0 saturated carbocycles. The molecule has 12 rings (SSSR count). The summed E-state index contributed by atoms with van der Waals surface area (Å²) in [6.07, 6.45) is 19.7. The summed E-state index contributed by atoms with van der Waals surface area (Å²) in [6, 6.07) is 49.4. The molecule has 15 nitrogen and oxygen atoms in total. The normalized spacial score (nSPS) is 16.9. The van der Waals surface area contributed by atoms with Crippen LogP contribution in [0.1, 0.15) is 185 Å². The van der Waals surface area contributed by atoms with Gasteiger partial charge in [0, 0.05) is 61.2 Å². The maximum Gasteiger partial charge on any atom is 0.270 e. The number of halogens is 3. The highest BCUT2D eigenvalue weighted by Gasteiger charge is 2.27. The summed E-state index contributed by atoms with van der Waals surface area (Å²) in [6.45, 7) is 3.48. The average molecular weight is 1340 g/mol. The number of hydrogen-bond donors (Lipinski definition) is 7. The number of amides is 1. The van der Waals surface area contributed by atoms with Crippen molar-refractivity contribution in [3.8, 4) is 0 Å². The predicted molar refractivity (Wildman–Crippen MR) is 376 cm³/mol. The third-order valence-electron chi connectivity index (χ3n) is 17.0. The minimum Gasteiger partial charge on any atom is -0.394 e. The molecule has 0 bridgehead atoms. The van der Waals surface area contributed by atoms with E-state index < -0.39 is 26.1 Å². The molecule has 0 saturated heterocycles. The second kappa shape index (κ2) is 32.7. The van der Waals surface area contributed by atoms with Crippen molar-refractivity contribution in [1.82, 2.24) is 45.4 Å². The standard InChI is InChI=1S/C25H26ClN3O2S.C25H28FN3O2S.C24H24ClN3O2/c1-18(20-7-3-2-4-8-20)29-32(30,31)16-15-24-23-10-6-5-9-21(25(23)28-27-24)17-19-11-13-22(26)14-12-19;1-18(20-9-3-2-4-10-20)29-32(30,31)15-14-24-23-13-6-5-11-21(25(23)28-27-24)16-19-8-7-12-22(26)17-19;25-19-12-10-16(11-13-19)14-18-8-4-5-9-20-22(18)27-28-23(20)24(30)26-21(15-29)17-6-2-1-3-7-17/h2-4,7-8,11-18,29H,5-6,9-10H2,1H3,(H,27,28);2-4,7-10,12,14-15,17-18,21,29H,5-6,11,13,16H2,1H3,(H,27,28);1-3,6-7,10-14,21,29H,4-5,8-9,15H2,(H,26,30)(H,27,28)/b16-15+,21-17+;15-14+;18-14+/t18-;18-,21?;21-/m110/s1. The minimum absolute atomic E-state index is 0.173. The Bertz CT molecular complexity index is 4350. The topological polar surface area (TPSA) is 228 Å². The van der Waals surface area contributed by atoms with Gasteiger partial charge in [0.25, 0.3) is 5.91 Å². The predicted octanol–water partition coefficient (Wildman–Crippen LogP) is 16.0. The van der Waals surface area contributed by atoms with Gasteiger partial charge in [-0.2, -0.15) is 15.3 Å². The first kappa shape index (κ1) is 68.5. The first-order chi connectivity index (χ1) is 45.5. The first-order valence-electron chi connectivity index (χ1n) is 31.8. The third kappa shape index (κ3) is 19.0. The Kier molecular flexibility index (Phi) is 23.8. The van der Waals surface area contributed by atoms with E-state index in [1.54, 1.807) is 24.3 Å². The summed E-state index contributed by atoms with van der Waals surface area (Å²) in [4.78, 5) is 13.0. The highest BCUT2D eigenvalue weighted by atomic mass is 35.5. The molecule has 20 heteroatoms. The maximum absolute atomic E-state index is 13.6. The Morgan fingerprint density at radius 3 is 1.65 bits per heavy atom. The summed E-state index contributed by atoms with van der Waals surface area (Å²) in [7, 11) is -7.25. The molecular formula is C74H78Cl2FN9O6S2. The van der Waals surface area contributed by atoms with Gasteiger partial charge in [-0.15, -0.1) is 0 Å². The van der Waals surface area contributed by atoms with Gasteiger partial charge in [0.1, 0.15) is 11.5 Å². The number of aliphatic hydroxyl groups excluding tert-OH is 1. The van der Waals surface area contributed by atoms with Gasteiger partial charge in [-0.25, -0.2) is 30.7 Å². The summed E-state index contributed by atoms with van der Waals surface area (Å²) < 4.78 is 69.5. The number of aromatic amines is 3. The summed E-state index contributed by atoms with van der Waals surface area (Å²) >= 11 is 12.0. The van der Waals surface area contributed by atoms with Crippen LogP contribution in [0.5, 0.6) is 0 Å². The van der Waals surface area contributed by atoms with Crippen LogP contribution in [0, 0.1) is 5.82 Å². The number of sulfonamides is 2. The van der Waals surface area contributed by atoms with Crippen LogP contribution >= 0.6 is 23.2 Å². The van der Waals surface area contributed by atoms with E-state index >= 15 is 0 Å². The zero-order valence-corrected chi connectivity index (χ0v) is 55.7. The van der Waals surface area contributed by atoms with Crippen molar-refractivity contribution >= 4 is 84.6 Å². The zero-order chi connectivity index (χ0) is 66.0. The van der Waals surface area contributed by atoms with Crippen molar-refractivity contribution in [2.24, 2.45) is 0 Å². The van der Waals surface area contributed by atoms with E-state index in [1.807, 2.05) is 159 Å². The average Bonchev–Trinajstić information content (AvgIpc) is 1.68. The molecular weight excluding hydrogens is 1260 g/mol. The highest BCUT2D eigenvalue weighted by Crippen LogP contribution is 2.36. The molecule has 4 atom stereocenters. The quantitative estimate of drug-likeness (QED) is 0.0405. The van der Waals surface area contributed by atoms with E-state index in [0.717, 1.165) is 167 Å². The first-order valence-corrected chi connectivity index (χ1v) is 35.7. The lowest BCUT2D eigenvalue weighted by Crippen LogP contribution is -2.31. The molecule has 1 unspecified atom stereocenters. The third-order valence-corrected chi connectivity index (χ3v) is 19.9. The molecule has 6 aromatic carbocycles. The Labute approximate surface area is 560 Å². The number of nitrogens with one attached hydrogen (secondary N) is 6. The maximum atomic E-state index is 13.6. The molecule has 0 fully saturated rings. The molecule has 0 radical (unpaired) electrons. The number of hydrogen-bond acceptors (Lipinski definition) is 9. The number of carbonyl (C=O) groups excluding carboxylic acids is 1. The van der Waals surface area contributed by atoms with Gasteiger partial charge in [-0.05, 0) is 196 Å². The molecule has 0 aliphatic heterocycles. The van der Waals surface area contributed by atoms with E-state index in [0.29, 0.717) is 21.4 Å². The molecule has 94 heavy (non-hydrogen) atoms. The van der Waals surface area contributed by atoms with Crippen molar-refractivity contribution < 1.29 is 31.1 Å². The molecule has 1 amide bonds. The van der Waals surface area contributed by atoms with Gasteiger partial charge in [0.05, 0.1) is 35.4 Å². The Hall–Kier alpha value is -8.33. The number of rotatable bonds is 18. The number of aliphatic hydroxyl groups is 1. The lowest BCUT2D eigenvalue weighted by Gasteiger charge is -2.16. The monoisotopic (exact) mass is 1340 g/mol. The smallest absolute Gasteiger partial charge is 0.270 e. The number of benzene rings is 6. The van der Waals surface area contributed by atoms with Crippen LogP contribution in [-0.4, -0.2) is 65.0 Å². The molecule has 3 aliphatic carbocycles. The van der Waals surface area contributed by atoms with Crippen molar-refractivity contribution in [3.63, 3.8) is 0 Å². The van der Waals surface area contributed by atoms with E-state index in [2.05, 4.69) is 57.5 Å². The number of H-pyrrole nitrogens is 3. The SMILES string of the molecule is C[C@@H](NS(=O)(=O)/C=C/c1[nH]nc2c1CCCC/C2=C\c1ccc(Cl)cc1)c1ccccc1.C[C@@H](NS(=O)(=O)/C=C/c1n[nH]c2c1CCCCC2Cc1cccc(F)c1)c1ccccc1.O=C(N[C@@H](CO)c1ccccc1)c1[nH]nc2c1CCCC/C2=C\c1ccc(Cl)cc1. The molecule has 7 N–H and O–H groups in total. The van der Waals surface area contributed by atoms with Crippen molar-refractivity contribution in [2.45, 2.75) is 121 Å². The van der Waals surface area contributed by atoms with E-state index in [1.165, 1.54) is 16.9 Å². The zero-order valence-electron chi connectivity index (χ0n) is 52.5. The van der Waals surface area contributed by atoms with Crippen molar-refractivity contribution in [3.05, 3.63) is 275 Å². The van der Waals surface area contributed by atoms with Gasteiger partial charge < -0.3 is 10.4 Å². The largest absolute Gasteiger partial charge is 0.394 e. The molecule has 3 aliphatic rings. The summed E-state index contributed by atoms with van der Waals surface area (Å²) in [5.41, 5.74) is 15.8. The van der Waals surface area contributed by atoms with Crippen molar-refractivity contribution in [1.29, 1.82) is 0 Å². The van der Waals surface area contributed by atoms with Gasteiger partial charge >= 0.3 is 0 Å². The van der Waals surface area contributed by atoms with Crippen LogP contribution in [0.4, 0.5) is 4.39 Å². The second-order valence-corrected chi connectivity index (χ2v) is 27.9. The molecule has 488 valence electrons. The van der Waals surface area contributed by atoms with Gasteiger partial charge in [-0.1, -0.05) is 157 Å². The highest BCUT2D eigenvalue weighted by molar-refractivity contribution is 7.92. The van der Waals surface area contributed by atoms with Crippen LogP contribution in [0.15, 0.2) is 175 Å². The number of aromatic nitrogens is 6.